The van der Waals surface area contributed by atoms with Crippen molar-refractivity contribution in [3.8, 4) is 0 Å². The van der Waals surface area contributed by atoms with Gasteiger partial charge in [0.1, 0.15) is 0 Å². The zero-order chi connectivity index (χ0) is 15.5. The second kappa shape index (κ2) is 6.55. The first kappa shape index (κ1) is 15.9. The third kappa shape index (κ3) is 3.42. The maximum absolute atomic E-state index is 12.5. The zero-order valence-corrected chi connectivity index (χ0v) is 12.8. The molecule has 1 aromatic carbocycles. The number of carbonyl (C=O) groups excluding carboxylic acids is 1. The minimum Gasteiger partial charge on any atom is -0.396 e. The van der Waals surface area contributed by atoms with Gasteiger partial charge in [-0.2, -0.15) is 4.31 Å². The molecule has 116 valence electrons. The summed E-state index contributed by atoms with van der Waals surface area (Å²) < 4.78 is 26.4. The van der Waals surface area contributed by atoms with E-state index in [0.717, 1.165) is 6.42 Å². The summed E-state index contributed by atoms with van der Waals surface area (Å²) in [4.78, 5) is 11.6. The zero-order valence-electron chi connectivity index (χ0n) is 11.9. The van der Waals surface area contributed by atoms with E-state index in [1.165, 1.54) is 35.6 Å². The molecule has 1 fully saturated rings. The third-order valence-corrected chi connectivity index (χ3v) is 5.65. The summed E-state index contributed by atoms with van der Waals surface area (Å²) in [5.74, 6) is -0.0296. The van der Waals surface area contributed by atoms with Crippen molar-refractivity contribution in [2.24, 2.45) is 5.92 Å². The van der Waals surface area contributed by atoms with Crippen molar-refractivity contribution < 1.29 is 18.3 Å². The van der Waals surface area contributed by atoms with E-state index in [1.807, 2.05) is 0 Å². The Morgan fingerprint density at radius 1 is 1.38 bits per heavy atom. The number of amides is 1. The molecule has 1 aromatic rings. The van der Waals surface area contributed by atoms with E-state index in [4.69, 9.17) is 5.11 Å². The van der Waals surface area contributed by atoms with Crippen LogP contribution >= 0.6 is 0 Å². The lowest BCUT2D eigenvalue weighted by Gasteiger charge is -2.16. The van der Waals surface area contributed by atoms with Crippen LogP contribution in [0.2, 0.25) is 0 Å². The molecule has 2 rings (SSSR count). The second-order valence-corrected chi connectivity index (χ2v) is 7.07. The van der Waals surface area contributed by atoms with Crippen molar-refractivity contribution in [2.75, 3.05) is 26.7 Å². The van der Waals surface area contributed by atoms with Crippen LogP contribution in [0.25, 0.3) is 0 Å². The Hall–Kier alpha value is -1.44. The van der Waals surface area contributed by atoms with Crippen LogP contribution in [0.5, 0.6) is 0 Å². The molecule has 0 bridgehead atoms. The summed E-state index contributed by atoms with van der Waals surface area (Å²) >= 11 is 0. The Balaban J connectivity index is 2.15. The molecule has 1 aliphatic rings. The highest BCUT2D eigenvalue weighted by Gasteiger charge is 2.32. The smallest absolute Gasteiger partial charge is 0.251 e. The Morgan fingerprint density at radius 2 is 2.05 bits per heavy atom. The first-order valence-corrected chi connectivity index (χ1v) is 8.36. The van der Waals surface area contributed by atoms with E-state index in [9.17, 15) is 13.2 Å². The summed E-state index contributed by atoms with van der Waals surface area (Å²) in [6.07, 6.45) is 1.40. The predicted molar refractivity (Wildman–Crippen MR) is 78.4 cm³/mol. The first-order chi connectivity index (χ1) is 9.98. The van der Waals surface area contributed by atoms with E-state index in [2.05, 4.69) is 5.32 Å². The Bertz CT molecular complexity index is 598. The molecular formula is C14H20N2O4S. The number of nitrogens with one attached hydrogen (secondary N) is 1. The lowest BCUT2D eigenvalue weighted by atomic mass is 10.1. The summed E-state index contributed by atoms with van der Waals surface area (Å²) in [7, 11) is -1.99. The maximum Gasteiger partial charge on any atom is 0.251 e. The molecule has 0 aromatic heterocycles. The molecule has 6 nitrogen and oxygen atoms in total. The van der Waals surface area contributed by atoms with Gasteiger partial charge in [0.15, 0.2) is 0 Å². The van der Waals surface area contributed by atoms with Crippen molar-refractivity contribution >= 4 is 15.9 Å². The molecule has 1 unspecified atom stereocenters. The van der Waals surface area contributed by atoms with E-state index in [1.54, 1.807) is 0 Å². The van der Waals surface area contributed by atoms with Crippen molar-refractivity contribution in [1.29, 1.82) is 0 Å². The van der Waals surface area contributed by atoms with Gasteiger partial charge in [0.25, 0.3) is 5.91 Å². The number of carbonyl (C=O) groups is 1. The second-order valence-electron chi connectivity index (χ2n) is 5.13. The quantitative estimate of drug-likeness (QED) is 0.826. The van der Waals surface area contributed by atoms with E-state index >= 15 is 0 Å². The molecule has 1 heterocycles. The molecule has 1 amide bonds. The average Bonchev–Trinajstić information content (AvgIpc) is 2.96. The minimum atomic E-state index is -3.52. The predicted octanol–water partition coefficient (Wildman–Crippen LogP) is 0.439. The maximum atomic E-state index is 12.5. The van der Waals surface area contributed by atoms with Crippen molar-refractivity contribution in [2.45, 2.75) is 17.7 Å². The molecule has 2 N–H and O–H groups in total. The molecule has 21 heavy (non-hydrogen) atoms. The van der Waals surface area contributed by atoms with E-state index in [-0.39, 0.29) is 23.3 Å². The van der Waals surface area contributed by atoms with Gasteiger partial charge in [0.2, 0.25) is 10.0 Å². The molecule has 1 aliphatic heterocycles. The SMILES string of the molecule is CNC(=O)c1ccc(S(=O)(=O)N2CCC(CCO)C2)cc1. The lowest BCUT2D eigenvalue weighted by molar-refractivity contribution is 0.0963. The van der Waals surface area contributed by atoms with Gasteiger partial charge in [-0.1, -0.05) is 0 Å². The van der Waals surface area contributed by atoms with Crippen LogP contribution in [0.1, 0.15) is 23.2 Å². The van der Waals surface area contributed by atoms with Gasteiger partial charge in [0.05, 0.1) is 4.90 Å². The number of rotatable bonds is 5. The van der Waals surface area contributed by atoms with Crippen LogP contribution in [0, 0.1) is 5.92 Å². The van der Waals surface area contributed by atoms with Crippen LogP contribution < -0.4 is 5.32 Å². The Kier molecular flexibility index (Phi) is 4.97. The van der Waals surface area contributed by atoms with Gasteiger partial charge in [-0.15, -0.1) is 0 Å². The first-order valence-electron chi connectivity index (χ1n) is 6.92. The molecule has 1 saturated heterocycles. The Labute approximate surface area is 124 Å². The van der Waals surface area contributed by atoms with Gasteiger partial charge in [-0.25, -0.2) is 8.42 Å². The summed E-state index contributed by atoms with van der Waals surface area (Å²) in [6, 6.07) is 5.93. The largest absolute Gasteiger partial charge is 0.396 e. The van der Waals surface area contributed by atoms with Crippen LogP contribution in [-0.2, 0) is 10.0 Å². The standard InChI is InChI=1S/C14H20N2O4S/c1-15-14(18)12-2-4-13(5-3-12)21(19,20)16-8-6-11(10-16)7-9-17/h2-5,11,17H,6-10H2,1H3,(H,15,18). The highest BCUT2D eigenvalue weighted by molar-refractivity contribution is 7.89. The number of nitrogens with zero attached hydrogens (tertiary/aromatic N) is 1. The molecule has 0 aliphatic carbocycles. The van der Waals surface area contributed by atoms with Crippen molar-refractivity contribution in [3.63, 3.8) is 0 Å². The molecular weight excluding hydrogens is 292 g/mol. The van der Waals surface area contributed by atoms with Crippen molar-refractivity contribution in [1.82, 2.24) is 9.62 Å². The summed E-state index contributed by atoms with van der Waals surface area (Å²) in [6.45, 7) is 1.00. The third-order valence-electron chi connectivity index (χ3n) is 3.77. The number of benzene rings is 1. The van der Waals surface area contributed by atoms with Crippen LogP contribution in [0.15, 0.2) is 29.2 Å². The van der Waals surface area contributed by atoms with E-state index in [0.29, 0.717) is 25.1 Å². The van der Waals surface area contributed by atoms with Gasteiger partial charge < -0.3 is 10.4 Å². The van der Waals surface area contributed by atoms with Gasteiger partial charge in [-0.3, -0.25) is 4.79 Å². The molecule has 1 atom stereocenters. The minimum absolute atomic E-state index is 0.0827. The molecule has 0 spiro atoms. The molecule has 7 heteroatoms. The number of aliphatic hydroxyl groups is 1. The van der Waals surface area contributed by atoms with E-state index < -0.39 is 10.0 Å². The fourth-order valence-electron chi connectivity index (χ4n) is 2.51. The summed E-state index contributed by atoms with van der Waals surface area (Å²) in [5.41, 5.74) is 0.427. The molecule has 0 radical (unpaired) electrons. The van der Waals surface area contributed by atoms with Gasteiger partial charge in [0, 0.05) is 32.3 Å². The van der Waals surface area contributed by atoms with Crippen LogP contribution in [0.3, 0.4) is 0 Å². The Morgan fingerprint density at radius 3 is 2.62 bits per heavy atom. The van der Waals surface area contributed by atoms with Gasteiger partial charge in [-0.05, 0) is 43.0 Å². The number of hydrogen-bond donors (Lipinski definition) is 2. The number of sulfonamides is 1. The van der Waals surface area contributed by atoms with Crippen LogP contribution in [-0.4, -0.2) is 50.5 Å². The highest BCUT2D eigenvalue weighted by atomic mass is 32.2. The van der Waals surface area contributed by atoms with Crippen LogP contribution in [0.4, 0.5) is 0 Å². The number of aliphatic hydroxyl groups excluding tert-OH is 1. The normalized spacial score (nSPS) is 19.6. The summed E-state index contributed by atoms with van der Waals surface area (Å²) in [5, 5.41) is 11.4. The average molecular weight is 312 g/mol. The fourth-order valence-corrected chi connectivity index (χ4v) is 4.04. The number of hydrogen-bond acceptors (Lipinski definition) is 4. The van der Waals surface area contributed by atoms with Crippen molar-refractivity contribution in [3.05, 3.63) is 29.8 Å². The lowest BCUT2D eigenvalue weighted by Crippen LogP contribution is -2.29. The monoisotopic (exact) mass is 312 g/mol. The fraction of sp³-hybridized carbons (Fsp3) is 0.500. The highest BCUT2D eigenvalue weighted by Crippen LogP contribution is 2.26. The topological polar surface area (TPSA) is 86.7 Å². The van der Waals surface area contributed by atoms with Gasteiger partial charge >= 0.3 is 0 Å². The molecule has 0 saturated carbocycles.